The molecule has 4 nitrogen and oxygen atoms in total. The molecule has 0 bridgehead atoms. The van der Waals surface area contributed by atoms with Crippen molar-refractivity contribution in [1.82, 2.24) is 4.90 Å². The molecule has 0 saturated carbocycles. The maximum Gasteiger partial charge on any atom is 0.323 e. The Hall–Kier alpha value is -0.880. The lowest BCUT2D eigenvalue weighted by Gasteiger charge is -2.10. The van der Waals surface area contributed by atoms with Crippen molar-refractivity contribution in [2.45, 2.75) is 32.6 Å². The minimum Gasteiger partial charge on any atom is -0.480 e. The highest BCUT2D eigenvalue weighted by atomic mass is 32.2. The molecule has 0 aromatic heterocycles. The third-order valence-electron chi connectivity index (χ3n) is 2.30. The fraction of sp³-hybridized carbons (Fsp3) is 0.545. The molecule has 0 aliphatic carbocycles. The number of carboxylic acids is 1. The number of amides is 1. The summed E-state index contributed by atoms with van der Waals surface area (Å²) in [6.45, 7) is 1.77. The van der Waals surface area contributed by atoms with Crippen LogP contribution in [0.15, 0.2) is 11.0 Å². The number of thioether (sulfide) groups is 1. The summed E-state index contributed by atoms with van der Waals surface area (Å²) in [6, 6.07) is 0. The Balaban J connectivity index is 2.57. The van der Waals surface area contributed by atoms with Crippen molar-refractivity contribution in [3.05, 3.63) is 11.0 Å². The van der Waals surface area contributed by atoms with Crippen molar-refractivity contribution >= 4 is 40.2 Å². The molecule has 94 valence electrons. The average Bonchev–Trinajstić information content (AvgIpc) is 2.52. The molecule has 6 heteroatoms. The van der Waals surface area contributed by atoms with E-state index in [0.29, 0.717) is 9.23 Å². The topological polar surface area (TPSA) is 57.6 Å². The smallest absolute Gasteiger partial charge is 0.323 e. The summed E-state index contributed by atoms with van der Waals surface area (Å²) in [5.74, 6) is -1.33. The van der Waals surface area contributed by atoms with E-state index in [-0.39, 0.29) is 12.5 Å². The molecule has 1 aliphatic heterocycles. The first-order valence-corrected chi connectivity index (χ1v) is 6.74. The molecule has 1 fully saturated rings. The number of allylic oxidation sites excluding steroid dienone is 1. The van der Waals surface area contributed by atoms with E-state index >= 15 is 0 Å². The van der Waals surface area contributed by atoms with Crippen LogP contribution in [0, 0.1) is 0 Å². The number of carbonyl (C=O) groups is 2. The van der Waals surface area contributed by atoms with E-state index in [4.69, 9.17) is 17.3 Å². The molecule has 1 N–H and O–H groups in total. The monoisotopic (exact) mass is 273 g/mol. The van der Waals surface area contributed by atoms with Crippen LogP contribution >= 0.6 is 24.0 Å². The van der Waals surface area contributed by atoms with Gasteiger partial charge in [-0.15, -0.1) is 0 Å². The number of aliphatic carboxylic acids is 1. The number of hydrogen-bond donors (Lipinski definition) is 1. The zero-order chi connectivity index (χ0) is 12.8. The maximum absolute atomic E-state index is 11.8. The summed E-state index contributed by atoms with van der Waals surface area (Å²) in [4.78, 5) is 24.1. The Labute approximate surface area is 110 Å². The predicted molar refractivity (Wildman–Crippen MR) is 71.8 cm³/mol. The quantitative estimate of drug-likeness (QED) is 0.457. The third-order valence-corrected chi connectivity index (χ3v) is 3.73. The van der Waals surface area contributed by atoms with Crippen LogP contribution in [-0.4, -0.2) is 32.7 Å². The highest BCUT2D eigenvalue weighted by Gasteiger charge is 2.32. The first kappa shape index (κ1) is 14.2. The summed E-state index contributed by atoms with van der Waals surface area (Å²) < 4.78 is 0.333. The number of rotatable bonds is 6. The predicted octanol–water partition coefficient (Wildman–Crippen LogP) is 2.40. The molecule has 0 unspecified atom stereocenters. The second kappa shape index (κ2) is 6.76. The van der Waals surface area contributed by atoms with Crippen LogP contribution in [0.4, 0.5) is 0 Å². The Bertz CT molecular complexity index is 366. The van der Waals surface area contributed by atoms with Crippen LogP contribution in [0.5, 0.6) is 0 Å². The van der Waals surface area contributed by atoms with Crippen molar-refractivity contribution in [3.63, 3.8) is 0 Å². The largest absolute Gasteiger partial charge is 0.480 e. The summed E-state index contributed by atoms with van der Waals surface area (Å²) in [6.07, 6.45) is 6.00. The van der Waals surface area contributed by atoms with Gasteiger partial charge in [0.05, 0.1) is 4.91 Å². The zero-order valence-corrected chi connectivity index (χ0v) is 11.3. The lowest BCUT2D eigenvalue weighted by Crippen LogP contribution is -2.33. The summed E-state index contributed by atoms with van der Waals surface area (Å²) in [5, 5.41) is 8.66. The summed E-state index contributed by atoms with van der Waals surface area (Å²) >= 11 is 6.17. The van der Waals surface area contributed by atoms with Gasteiger partial charge in [0.2, 0.25) is 0 Å². The summed E-state index contributed by atoms with van der Waals surface area (Å²) in [5.41, 5.74) is 0. The number of nitrogens with zero attached hydrogens (tertiary/aromatic N) is 1. The molecule has 0 aromatic carbocycles. The highest BCUT2D eigenvalue weighted by molar-refractivity contribution is 8.26. The van der Waals surface area contributed by atoms with E-state index in [1.54, 1.807) is 0 Å². The molecule has 0 atom stereocenters. The third kappa shape index (κ3) is 4.12. The SMILES string of the molecule is CCCCCC=C1SC(=S)N(CC(=O)O)C1=O. The van der Waals surface area contributed by atoms with Gasteiger partial charge in [0.15, 0.2) is 0 Å². The van der Waals surface area contributed by atoms with E-state index in [0.717, 1.165) is 30.6 Å². The molecule has 1 saturated heterocycles. The number of hydrogen-bond acceptors (Lipinski definition) is 4. The van der Waals surface area contributed by atoms with Crippen molar-refractivity contribution in [2.75, 3.05) is 6.54 Å². The van der Waals surface area contributed by atoms with Gasteiger partial charge in [0, 0.05) is 0 Å². The second-order valence-corrected chi connectivity index (χ2v) is 5.39. The molecule has 1 aliphatic rings. The molecule has 1 amide bonds. The Morgan fingerprint density at radius 3 is 2.82 bits per heavy atom. The Kier molecular flexibility index (Phi) is 5.64. The van der Waals surface area contributed by atoms with Crippen LogP contribution in [0.2, 0.25) is 0 Å². The van der Waals surface area contributed by atoms with Crippen LogP contribution in [0.3, 0.4) is 0 Å². The van der Waals surface area contributed by atoms with Crippen molar-refractivity contribution in [1.29, 1.82) is 0 Å². The van der Waals surface area contributed by atoms with E-state index in [1.165, 1.54) is 11.8 Å². The molecule has 1 heterocycles. The van der Waals surface area contributed by atoms with Crippen molar-refractivity contribution < 1.29 is 14.7 Å². The molecule has 1 rings (SSSR count). The van der Waals surface area contributed by atoms with Gasteiger partial charge in [-0.05, 0) is 12.8 Å². The summed E-state index contributed by atoms with van der Waals surface area (Å²) in [7, 11) is 0. The van der Waals surface area contributed by atoms with Gasteiger partial charge in [-0.1, -0.05) is 49.8 Å². The fourth-order valence-electron chi connectivity index (χ4n) is 1.44. The molecular weight excluding hydrogens is 258 g/mol. The zero-order valence-electron chi connectivity index (χ0n) is 9.64. The standard InChI is InChI=1S/C11H15NO3S2/c1-2-3-4-5-6-8-10(15)12(7-9(13)14)11(16)17-8/h6H,2-5,7H2,1H3,(H,13,14). The number of thiocarbonyl (C=S) groups is 1. The number of carbonyl (C=O) groups excluding carboxylic acids is 1. The number of unbranched alkanes of at least 4 members (excludes halogenated alkanes) is 3. The van der Waals surface area contributed by atoms with E-state index in [1.807, 2.05) is 6.08 Å². The van der Waals surface area contributed by atoms with Crippen LogP contribution in [0.25, 0.3) is 0 Å². The van der Waals surface area contributed by atoms with Gasteiger partial charge >= 0.3 is 5.97 Å². The van der Waals surface area contributed by atoms with Crippen molar-refractivity contribution in [3.8, 4) is 0 Å². The minimum atomic E-state index is -1.05. The lowest BCUT2D eigenvalue weighted by atomic mass is 10.2. The molecule has 17 heavy (non-hydrogen) atoms. The molecular formula is C11H15NO3S2. The Morgan fingerprint density at radius 1 is 1.53 bits per heavy atom. The van der Waals surface area contributed by atoms with Gasteiger partial charge in [0.25, 0.3) is 5.91 Å². The fourth-order valence-corrected chi connectivity index (χ4v) is 2.70. The van der Waals surface area contributed by atoms with Gasteiger partial charge < -0.3 is 5.11 Å². The minimum absolute atomic E-state index is 0.279. The maximum atomic E-state index is 11.8. The lowest BCUT2D eigenvalue weighted by molar-refractivity contribution is -0.140. The molecule has 0 radical (unpaired) electrons. The molecule has 0 spiro atoms. The van der Waals surface area contributed by atoms with E-state index in [2.05, 4.69) is 6.92 Å². The van der Waals surface area contributed by atoms with E-state index < -0.39 is 5.97 Å². The Morgan fingerprint density at radius 2 is 2.24 bits per heavy atom. The molecule has 0 aromatic rings. The van der Waals surface area contributed by atoms with Crippen LogP contribution in [0.1, 0.15) is 32.6 Å². The highest BCUT2D eigenvalue weighted by Crippen LogP contribution is 2.31. The van der Waals surface area contributed by atoms with Gasteiger partial charge in [0.1, 0.15) is 10.9 Å². The van der Waals surface area contributed by atoms with Gasteiger partial charge in [-0.25, -0.2) is 0 Å². The van der Waals surface area contributed by atoms with Crippen LogP contribution in [-0.2, 0) is 9.59 Å². The first-order valence-electron chi connectivity index (χ1n) is 5.52. The van der Waals surface area contributed by atoms with E-state index in [9.17, 15) is 9.59 Å². The van der Waals surface area contributed by atoms with Crippen molar-refractivity contribution in [2.24, 2.45) is 0 Å². The second-order valence-electron chi connectivity index (χ2n) is 3.72. The average molecular weight is 273 g/mol. The number of carboxylic acid groups (broad SMARTS) is 1. The first-order chi connectivity index (χ1) is 8.06. The van der Waals surface area contributed by atoms with Gasteiger partial charge in [-0.3, -0.25) is 14.5 Å². The van der Waals surface area contributed by atoms with Gasteiger partial charge in [-0.2, -0.15) is 0 Å². The normalized spacial score (nSPS) is 18.2. The van der Waals surface area contributed by atoms with Crippen LogP contribution < -0.4 is 0 Å².